The molecule has 3 heteroatoms. The normalized spacial score (nSPS) is 13.6. The standard InChI is InChI=1S/C15H14ClNS/c16-13-5-2-6-14(15(13)17)18-12-8-7-10-3-1-4-11(10)9-12/h2,5-9H,1,3-4,17H2. The van der Waals surface area contributed by atoms with Gasteiger partial charge in [0.1, 0.15) is 0 Å². The van der Waals surface area contributed by atoms with E-state index in [4.69, 9.17) is 17.3 Å². The lowest BCUT2D eigenvalue weighted by molar-refractivity contribution is 0.911. The third-order valence-corrected chi connectivity index (χ3v) is 4.71. The van der Waals surface area contributed by atoms with Crippen LogP contribution in [0, 0.1) is 0 Å². The Balaban J connectivity index is 1.90. The number of hydrogen-bond donors (Lipinski definition) is 1. The highest BCUT2D eigenvalue weighted by atomic mass is 35.5. The highest BCUT2D eigenvalue weighted by molar-refractivity contribution is 7.99. The van der Waals surface area contributed by atoms with Gasteiger partial charge in [-0.25, -0.2) is 0 Å². The van der Waals surface area contributed by atoms with E-state index >= 15 is 0 Å². The van der Waals surface area contributed by atoms with Crippen LogP contribution < -0.4 is 5.73 Å². The van der Waals surface area contributed by atoms with Crippen LogP contribution in [0.1, 0.15) is 17.5 Å². The van der Waals surface area contributed by atoms with E-state index in [1.54, 1.807) is 11.8 Å². The number of hydrogen-bond acceptors (Lipinski definition) is 2. The molecule has 0 saturated carbocycles. The molecule has 2 N–H and O–H groups in total. The monoisotopic (exact) mass is 275 g/mol. The van der Waals surface area contributed by atoms with Crippen LogP contribution in [0.2, 0.25) is 5.02 Å². The van der Waals surface area contributed by atoms with E-state index in [1.165, 1.54) is 35.3 Å². The molecule has 0 aliphatic heterocycles. The van der Waals surface area contributed by atoms with Gasteiger partial charge in [-0.3, -0.25) is 0 Å². The number of halogens is 1. The van der Waals surface area contributed by atoms with E-state index in [-0.39, 0.29) is 0 Å². The second-order valence-corrected chi connectivity index (χ2v) is 6.06. The second kappa shape index (κ2) is 4.87. The highest BCUT2D eigenvalue weighted by Gasteiger charge is 2.12. The van der Waals surface area contributed by atoms with Crippen molar-refractivity contribution in [2.45, 2.75) is 29.1 Å². The van der Waals surface area contributed by atoms with Gasteiger partial charge >= 0.3 is 0 Å². The van der Waals surface area contributed by atoms with Gasteiger partial charge < -0.3 is 5.73 Å². The minimum atomic E-state index is 0.626. The molecule has 0 bridgehead atoms. The Hall–Kier alpha value is -1.12. The van der Waals surface area contributed by atoms with Gasteiger partial charge in [0, 0.05) is 9.79 Å². The summed E-state index contributed by atoms with van der Waals surface area (Å²) < 4.78 is 0. The van der Waals surface area contributed by atoms with Gasteiger partial charge in [-0.05, 0) is 54.7 Å². The lowest BCUT2D eigenvalue weighted by atomic mass is 10.1. The van der Waals surface area contributed by atoms with Gasteiger partial charge in [0.05, 0.1) is 10.7 Å². The number of benzene rings is 2. The van der Waals surface area contributed by atoms with Crippen molar-refractivity contribution in [2.24, 2.45) is 0 Å². The number of para-hydroxylation sites is 1. The molecule has 0 saturated heterocycles. The molecular formula is C15H14ClNS. The minimum absolute atomic E-state index is 0.626. The Morgan fingerprint density at radius 3 is 2.78 bits per heavy atom. The van der Waals surface area contributed by atoms with E-state index in [9.17, 15) is 0 Å². The van der Waals surface area contributed by atoms with Gasteiger partial charge in [0.25, 0.3) is 0 Å². The molecule has 1 aliphatic rings. The maximum Gasteiger partial charge on any atom is 0.0647 e. The van der Waals surface area contributed by atoms with Crippen molar-refractivity contribution in [2.75, 3.05) is 5.73 Å². The molecule has 0 spiro atoms. The number of fused-ring (bicyclic) bond motifs is 1. The summed E-state index contributed by atoms with van der Waals surface area (Å²) in [6.07, 6.45) is 3.71. The Morgan fingerprint density at radius 2 is 1.89 bits per heavy atom. The molecule has 0 amide bonds. The fourth-order valence-corrected chi connectivity index (χ4v) is 3.53. The molecule has 2 aromatic carbocycles. The fourth-order valence-electron chi connectivity index (χ4n) is 2.34. The zero-order chi connectivity index (χ0) is 12.5. The predicted molar refractivity (Wildman–Crippen MR) is 78.5 cm³/mol. The van der Waals surface area contributed by atoms with Crippen molar-refractivity contribution in [3.63, 3.8) is 0 Å². The van der Waals surface area contributed by atoms with E-state index in [2.05, 4.69) is 18.2 Å². The lowest BCUT2D eigenvalue weighted by Gasteiger charge is -2.08. The van der Waals surface area contributed by atoms with Crippen LogP contribution in [-0.2, 0) is 12.8 Å². The first kappa shape index (κ1) is 11.9. The average molecular weight is 276 g/mol. The summed E-state index contributed by atoms with van der Waals surface area (Å²) in [5.41, 5.74) is 9.65. The molecule has 92 valence electrons. The quantitative estimate of drug-likeness (QED) is 0.813. The summed E-state index contributed by atoms with van der Waals surface area (Å²) in [6, 6.07) is 12.5. The molecule has 0 fully saturated rings. The topological polar surface area (TPSA) is 26.0 Å². The van der Waals surface area contributed by atoms with E-state index < -0.39 is 0 Å². The van der Waals surface area contributed by atoms with Gasteiger partial charge in [0.15, 0.2) is 0 Å². The van der Waals surface area contributed by atoms with Crippen LogP contribution in [0.3, 0.4) is 0 Å². The van der Waals surface area contributed by atoms with E-state index in [1.807, 2.05) is 18.2 Å². The first-order chi connectivity index (χ1) is 8.74. The number of rotatable bonds is 2. The van der Waals surface area contributed by atoms with Gasteiger partial charge in [0.2, 0.25) is 0 Å². The van der Waals surface area contributed by atoms with Crippen LogP contribution >= 0.6 is 23.4 Å². The largest absolute Gasteiger partial charge is 0.397 e. The zero-order valence-corrected chi connectivity index (χ0v) is 11.5. The van der Waals surface area contributed by atoms with Crippen molar-refractivity contribution in [1.29, 1.82) is 0 Å². The van der Waals surface area contributed by atoms with Crippen molar-refractivity contribution in [1.82, 2.24) is 0 Å². The third-order valence-electron chi connectivity index (χ3n) is 3.31. The average Bonchev–Trinajstić information content (AvgIpc) is 2.82. The van der Waals surface area contributed by atoms with E-state index in [0.29, 0.717) is 10.7 Å². The number of nitrogens with two attached hydrogens (primary N) is 1. The lowest BCUT2D eigenvalue weighted by Crippen LogP contribution is -1.89. The zero-order valence-electron chi connectivity index (χ0n) is 9.95. The molecule has 3 rings (SSSR count). The number of aryl methyl sites for hydroxylation is 2. The maximum atomic E-state index is 6.04. The fraction of sp³-hybridized carbons (Fsp3) is 0.200. The molecule has 1 nitrogen and oxygen atoms in total. The minimum Gasteiger partial charge on any atom is -0.397 e. The van der Waals surface area contributed by atoms with Gasteiger partial charge in [-0.15, -0.1) is 0 Å². The number of nitrogen functional groups attached to an aromatic ring is 1. The second-order valence-electron chi connectivity index (χ2n) is 4.54. The maximum absolute atomic E-state index is 6.04. The Labute approximate surface area is 116 Å². The van der Waals surface area contributed by atoms with Gasteiger partial charge in [-0.2, -0.15) is 0 Å². The van der Waals surface area contributed by atoms with Crippen molar-refractivity contribution in [3.8, 4) is 0 Å². The Morgan fingerprint density at radius 1 is 1.06 bits per heavy atom. The molecule has 0 heterocycles. The van der Waals surface area contributed by atoms with Crippen LogP contribution in [0.5, 0.6) is 0 Å². The first-order valence-corrected chi connectivity index (χ1v) is 7.27. The van der Waals surface area contributed by atoms with Crippen LogP contribution in [0.15, 0.2) is 46.2 Å². The molecule has 0 radical (unpaired) electrons. The smallest absolute Gasteiger partial charge is 0.0647 e. The first-order valence-electron chi connectivity index (χ1n) is 6.08. The van der Waals surface area contributed by atoms with Gasteiger partial charge in [-0.1, -0.05) is 35.5 Å². The molecule has 2 aromatic rings. The Kier molecular flexibility index (Phi) is 3.23. The SMILES string of the molecule is Nc1c(Cl)cccc1Sc1ccc2c(c1)CCC2. The molecule has 0 atom stereocenters. The van der Waals surface area contributed by atoms with Crippen LogP contribution in [0.25, 0.3) is 0 Å². The van der Waals surface area contributed by atoms with Crippen molar-refractivity contribution < 1.29 is 0 Å². The number of anilines is 1. The summed E-state index contributed by atoms with van der Waals surface area (Å²) in [4.78, 5) is 2.27. The Bertz CT molecular complexity index is 595. The molecule has 1 aliphatic carbocycles. The highest BCUT2D eigenvalue weighted by Crippen LogP contribution is 2.37. The summed E-state index contributed by atoms with van der Waals surface area (Å²) in [7, 11) is 0. The summed E-state index contributed by atoms with van der Waals surface area (Å²) >= 11 is 7.72. The summed E-state index contributed by atoms with van der Waals surface area (Å²) in [5, 5.41) is 0.626. The summed E-state index contributed by atoms with van der Waals surface area (Å²) in [5.74, 6) is 0. The van der Waals surface area contributed by atoms with Crippen molar-refractivity contribution in [3.05, 3.63) is 52.5 Å². The molecular weight excluding hydrogens is 262 g/mol. The molecule has 0 aromatic heterocycles. The van der Waals surface area contributed by atoms with Crippen LogP contribution in [-0.4, -0.2) is 0 Å². The molecule has 18 heavy (non-hydrogen) atoms. The van der Waals surface area contributed by atoms with E-state index in [0.717, 1.165) is 4.90 Å². The molecule has 0 unspecified atom stereocenters. The predicted octanol–water partition coefficient (Wildman–Crippen LogP) is 4.56. The third kappa shape index (κ3) is 2.23. The van der Waals surface area contributed by atoms with Crippen LogP contribution in [0.4, 0.5) is 5.69 Å². The summed E-state index contributed by atoms with van der Waals surface area (Å²) in [6.45, 7) is 0. The van der Waals surface area contributed by atoms with Crippen molar-refractivity contribution >= 4 is 29.1 Å².